The number of hydrogen-bond donors (Lipinski definition) is 2. The van der Waals surface area contributed by atoms with E-state index in [2.05, 4.69) is 15.6 Å². The van der Waals surface area contributed by atoms with Crippen LogP contribution in [0.15, 0.2) is 23.2 Å². The zero-order valence-corrected chi connectivity index (χ0v) is 17.4. The van der Waals surface area contributed by atoms with E-state index in [-0.39, 0.29) is 47.4 Å². The van der Waals surface area contributed by atoms with Crippen molar-refractivity contribution in [2.24, 2.45) is 4.99 Å². The Hall–Kier alpha value is -0.970. The highest BCUT2D eigenvalue weighted by Gasteiger charge is 2.28. The Balaban J connectivity index is 0.00000312. The van der Waals surface area contributed by atoms with Crippen molar-refractivity contribution in [2.75, 3.05) is 24.6 Å². The molecule has 0 spiro atoms. The molecule has 0 saturated carbocycles. The minimum atomic E-state index is -2.96. The highest BCUT2D eigenvalue weighted by molar-refractivity contribution is 14.0. The van der Waals surface area contributed by atoms with Gasteiger partial charge in [-0.3, -0.25) is 4.99 Å². The molecule has 0 aliphatic carbocycles. The highest BCUT2D eigenvalue weighted by Crippen LogP contribution is 2.18. The fourth-order valence-electron chi connectivity index (χ4n) is 2.57. The smallest absolute Gasteiger partial charge is 0.191 e. The van der Waals surface area contributed by atoms with Crippen LogP contribution >= 0.6 is 24.0 Å². The van der Waals surface area contributed by atoms with Crippen LogP contribution in [0.25, 0.3) is 0 Å². The summed E-state index contributed by atoms with van der Waals surface area (Å²) in [6.07, 6.45) is 0.561. The van der Waals surface area contributed by atoms with E-state index in [1.165, 1.54) is 6.07 Å². The monoisotopic (exact) mass is 487 g/mol. The first-order chi connectivity index (χ1) is 11.3. The fourth-order valence-corrected chi connectivity index (χ4v) is 4.25. The SMILES string of the molecule is CCNC(=NCC(C)c1ccc(F)c(F)c1)NC1CCS(=O)(=O)C1.I. The summed E-state index contributed by atoms with van der Waals surface area (Å²) in [5.41, 5.74) is 0.664. The maximum atomic E-state index is 13.3. The van der Waals surface area contributed by atoms with Gasteiger partial charge in [-0.1, -0.05) is 13.0 Å². The van der Waals surface area contributed by atoms with Crippen LogP contribution in [-0.2, 0) is 9.84 Å². The largest absolute Gasteiger partial charge is 0.357 e. The minimum absolute atomic E-state index is 0. The Bertz CT molecular complexity index is 713. The second kappa shape index (κ2) is 9.65. The Morgan fingerprint density at radius 3 is 2.64 bits per heavy atom. The van der Waals surface area contributed by atoms with Gasteiger partial charge in [0, 0.05) is 25.0 Å². The summed E-state index contributed by atoms with van der Waals surface area (Å²) >= 11 is 0. The molecule has 1 saturated heterocycles. The number of guanidine groups is 1. The van der Waals surface area contributed by atoms with Gasteiger partial charge in [-0.2, -0.15) is 0 Å². The average Bonchev–Trinajstić information content (AvgIpc) is 2.86. The van der Waals surface area contributed by atoms with Gasteiger partial charge in [0.25, 0.3) is 0 Å². The summed E-state index contributed by atoms with van der Waals surface area (Å²) in [6.45, 7) is 4.81. The Labute approximate surface area is 164 Å². The van der Waals surface area contributed by atoms with Crippen molar-refractivity contribution in [2.45, 2.75) is 32.2 Å². The quantitative estimate of drug-likeness (QED) is 0.381. The molecule has 0 bridgehead atoms. The van der Waals surface area contributed by atoms with E-state index < -0.39 is 21.5 Å². The molecule has 25 heavy (non-hydrogen) atoms. The normalized spacial score (nSPS) is 20.6. The van der Waals surface area contributed by atoms with E-state index >= 15 is 0 Å². The molecule has 0 radical (unpaired) electrons. The second-order valence-corrected chi connectivity index (χ2v) is 8.27. The first-order valence-electron chi connectivity index (χ1n) is 8.01. The number of aliphatic imine (C=N–C) groups is 1. The van der Waals surface area contributed by atoms with Crippen LogP contribution in [0.3, 0.4) is 0 Å². The number of rotatable bonds is 5. The van der Waals surface area contributed by atoms with E-state index in [0.717, 1.165) is 6.07 Å². The van der Waals surface area contributed by atoms with Crippen LogP contribution < -0.4 is 10.6 Å². The predicted molar refractivity (Wildman–Crippen MR) is 106 cm³/mol. The Morgan fingerprint density at radius 1 is 1.36 bits per heavy atom. The summed E-state index contributed by atoms with van der Waals surface area (Å²) in [6, 6.07) is 3.69. The van der Waals surface area contributed by atoms with Crippen molar-refractivity contribution in [3.63, 3.8) is 0 Å². The molecule has 2 rings (SSSR count). The van der Waals surface area contributed by atoms with Gasteiger partial charge in [-0.15, -0.1) is 24.0 Å². The van der Waals surface area contributed by atoms with Gasteiger partial charge in [-0.05, 0) is 31.0 Å². The van der Waals surface area contributed by atoms with Crippen molar-refractivity contribution in [1.29, 1.82) is 0 Å². The molecule has 0 amide bonds. The van der Waals surface area contributed by atoms with Crippen LogP contribution in [0, 0.1) is 11.6 Å². The van der Waals surface area contributed by atoms with Crippen LogP contribution in [-0.4, -0.2) is 45.0 Å². The number of benzene rings is 1. The first-order valence-corrected chi connectivity index (χ1v) is 9.83. The summed E-state index contributed by atoms with van der Waals surface area (Å²) in [5, 5.41) is 6.20. The number of hydrogen-bond acceptors (Lipinski definition) is 3. The average molecular weight is 487 g/mol. The molecule has 0 aromatic heterocycles. The molecular weight excluding hydrogens is 463 g/mol. The Morgan fingerprint density at radius 2 is 2.08 bits per heavy atom. The number of sulfone groups is 1. The third-order valence-corrected chi connectivity index (χ3v) is 5.72. The van der Waals surface area contributed by atoms with Crippen LogP contribution in [0.2, 0.25) is 0 Å². The third kappa shape index (κ3) is 6.69. The van der Waals surface area contributed by atoms with Gasteiger partial charge in [0.2, 0.25) is 0 Å². The zero-order chi connectivity index (χ0) is 17.7. The lowest BCUT2D eigenvalue weighted by Gasteiger charge is -2.17. The molecule has 2 N–H and O–H groups in total. The summed E-state index contributed by atoms with van der Waals surface area (Å²) in [4.78, 5) is 4.44. The molecule has 1 aromatic rings. The maximum absolute atomic E-state index is 13.3. The molecule has 5 nitrogen and oxygen atoms in total. The lowest BCUT2D eigenvalue weighted by atomic mass is 10.0. The molecule has 2 unspecified atom stereocenters. The van der Waals surface area contributed by atoms with Crippen molar-refractivity contribution in [3.8, 4) is 0 Å². The van der Waals surface area contributed by atoms with Crippen LogP contribution in [0.5, 0.6) is 0 Å². The maximum Gasteiger partial charge on any atom is 0.191 e. The van der Waals surface area contributed by atoms with Gasteiger partial charge < -0.3 is 10.6 Å². The number of halogens is 3. The molecule has 1 aliphatic heterocycles. The molecule has 1 aliphatic rings. The predicted octanol–water partition coefficient (Wildman–Crippen LogP) is 2.43. The number of nitrogens with one attached hydrogen (secondary N) is 2. The van der Waals surface area contributed by atoms with E-state index in [1.54, 1.807) is 6.07 Å². The molecular formula is C16H24F2IN3O2S. The fraction of sp³-hybridized carbons (Fsp3) is 0.562. The molecule has 1 fully saturated rings. The van der Waals surface area contributed by atoms with Gasteiger partial charge >= 0.3 is 0 Å². The van der Waals surface area contributed by atoms with Crippen molar-refractivity contribution >= 4 is 39.8 Å². The number of nitrogens with zero attached hydrogens (tertiary/aromatic N) is 1. The molecule has 1 aromatic carbocycles. The zero-order valence-electron chi connectivity index (χ0n) is 14.3. The topological polar surface area (TPSA) is 70.6 Å². The van der Waals surface area contributed by atoms with Crippen LogP contribution in [0.1, 0.15) is 31.7 Å². The lowest BCUT2D eigenvalue weighted by Crippen LogP contribution is -2.44. The highest BCUT2D eigenvalue weighted by atomic mass is 127. The molecule has 142 valence electrons. The summed E-state index contributed by atoms with van der Waals surface area (Å²) in [5.74, 6) is -1.00. The van der Waals surface area contributed by atoms with Crippen molar-refractivity contribution in [1.82, 2.24) is 10.6 Å². The second-order valence-electron chi connectivity index (χ2n) is 6.04. The lowest BCUT2D eigenvalue weighted by molar-refractivity contribution is 0.505. The van der Waals surface area contributed by atoms with Gasteiger partial charge in [-0.25, -0.2) is 17.2 Å². The summed E-state index contributed by atoms with van der Waals surface area (Å²) in [7, 11) is -2.96. The van der Waals surface area contributed by atoms with Gasteiger partial charge in [0.1, 0.15) is 0 Å². The third-order valence-electron chi connectivity index (χ3n) is 3.95. The van der Waals surface area contributed by atoms with Crippen molar-refractivity contribution in [3.05, 3.63) is 35.4 Å². The Kier molecular flexibility index (Phi) is 8.52. The molecule has 1 heterocycles. The van der Waals surface area contributed by atoms with E-state index in [1.807, 2.05) is 13.8 Å². The molecule has 9 heteroatoms. The van der Waals surface area contributed by atoms with Crippen molar-refractivity contribution < 1.29 is 17.2 Å². The first kappa shape index (κ1) is 22.1. The summed E-state index contributed by atoms with van der Waals surface area (Å²) < 4.78 is 49.4. The molecule has 2 atom stereocenters. The van der Waals surface area contributed by atoms with Gasteiger partial charge in [0.05, 0.1) is 11.5 Å². The van der Waals surface area contributed by atoms with E-state index in [4.69, 9.17) is 0 Å². The standard InChI is InChI=1S/C16H23F2N3O2S.HI/c1-3-19-16(21-13-6-7-24(22,23)10-13)20-9-11(2)12-4-5-14(17)15(18)8-12;/h4-5,8,11,13H,3,6-7,9-10H2,1-2H3,(H2,19,20,21);1H. The van der Waals surface area contributed by atoms with Crippen LogP contribution in [0.4, 0.5) is 8.78 Å². The minimum Gasteiger partial charge on any atom is -0.357 e. The van der Waals surface area contributed by atoms with Gasteiger partial charge in [0.15, 0.2) is 27.4 Å². The van der Waals surface area contributed by atoms with E-state index in [9.17, 15) is 17.2 Å². The van der Waals surface area contributed by atoms with E-state index in [0.29, 0.717) is 31.0 Å².